The zero-order chi connectivity index (χ0) is 19.5. The molecule has 144 valence electrons. The average Bonchev–Trinajstić information content (AvgIpc) is 3.12. The summed E-state index contributed by atoms with van der Waals surface area (Å²) in [5.41, 5.74) is 8.86. The van der Waals surface area contributed by atoms with Crippen molar-refractivity contribution in [2.75, 3.05) is 31.9 Å². The van der Waals surface area contributed by atoms with Gasteiger partial charge < -0.3 is 20.5 Å². The molecule has 0 bridgehead atoms. The number of hydrogen-bond acceptors (Lipinski definition) is 5. The molecular weight excluding hydrogens is 359 g/mol. The summed E-state index contributed by atoms with van der Waals surface area (Å²) < 4.78 is 15.2. The number of carbonyl (C=O) groups excluding carboxylic acids is 1. The van der Waals surface area contributed by atoms with Crippen LogP contribution in [0.15, 0.2) is 48.9 Å². The SMILES string of the molecule is Nc1cc(-c2c(-c3ccc(F)cc3)ncn2CC(=O)N2CCNCC2)ccn1. The first-order valence-electron chi connectivity index (χ1n) is 9.13. The van der Waals surface area contributed by atoms with Crippen LogP contribution in [0.3, 0.4) is 0 Å². The number of anilines is 1. The van der Waals surface area contributed by atoms with Crippen molar-refractivity contribution in [2.24, 2.45) is 0 Å². The third-order valence-corrected chi connectivity index (χ3v) is 4.79. The summed E-state index contributed by atoms with van der Waals surface area (Å²) in [6, 6.07) is 9.71. The quantitative estimate of drug-likeness (QED) is 0.720. The third kappa shape index (κ3) is 3.72. The molecule has 0 radical (unpaired) electrons. The molecule has 3 heterocycles. The normalized spacial score (nSPS) is 14.2. The monoisotopic (exact) mass is 380 g/mol. The second kappa shape index (κ2) is 7.77. The van der Waals surface area contributed by atoms with Gasteiger partial charge in [0.25, 0.3) is 0 Å². The number of nitrogens with one attached hydrogen (secondary N) is 1. The van der Waals surface area contributed by atoms with Gasteiger partial charge in [-0.25, -0.2) is 14.4 Å². The lowest BCUT2D eigenvalue weighted by Crippen LogP contribution is -2.47. The molecule has 1 aromatic carbocycles. The van der Waals surface area contributed by atoms with Crippen molar-refractivity contribution in [2.45, 2.75) is 6.54 Å². The van der Waals surface area contributed by atoms with E-state index in [2.05, 4.69) is 15.3 Å². The Morgan fingerprint density at radius 2 is 1.86 bits per heavy atom. The van der Waals surface area contributed by atoms with Gasteiger partial charge in [0.15, 0.2) is 0 Å². The van der Waals surface area contributed by atoms with E-state index in [1.165, 1.54) is 12.1 Å². The molecule has 3 aromatic rings. The summed E-state index contributed by atoms with van der Waals surface area (Å²) in [5, 5.41) is 3.24. The van der Waals surface area contributed by atoms with Gasteiger partial charge >= 0.3 is 0 Å². The minimum absolute atomic E-state index is 0.0350. The number of hydrogen-bond donors (Lipinski definition) is 2. The lowest BCUT2D eigenvalue weighted by Gasteiger charge is -2.27. The topological polar surface area (TPSA) is 89.1 Å². The molecule has 2 aromatic heterocycles. The fourth-order valence-electron chi connectivity index (χ4n) is 3.38. The zero-order valence-electron chi connectivity index (χ0n) is 15.3. The van der Waals surface area contributed by atoms with Gasteiger partial charge in [-0.05, 0) is 36.4 Å². The van der Waals surface area contributed by atoms with E-state index >= 15 is 0 Å². The molecule has 0 spiro atoms. The summed E-state index contributed by atoms with van der Waals surface area (Å²) in [4.78, 5) is 23.2. The second-order valence-electron chi connectivity index (χ2n) is 6.68. The Balaban J connectivity index is 1.73. The van der Waals surface area contributed by atoms with Crippen LogP contribution in [0, 0.1) is 5.82 Å². The van der Waals surface area contributed by atoms with E-state index < -0.39 is 0 Å². The highest BCUT2D eigenvalue weighted by Crippen LogP contribution is 2.32. The van der Waals surface area contributed by atoms with Crippen LogP contribution in [0.4, 0.5) is 10.2 Å². The van der Waals surface area contributed by atoms with Gasteiger partial charge in [-0.3, -0.25) is 4.79 Å². The molecule has 0 unspecified atom stereocenters. The molecule has 1 saturated heterocycles. The first-order valence-corrected chi connectivity index (χ1v) is 9.13. The highest BCUT2D eigenvalue weighted by atomic mass is 19.1. The second-order valence-corrected chi connectivity index (χ2v) is 6.68. The predicted molar refractivity (Wildman–Crippen MR) is 105 cm³/mol. The van der Waals surface area contributed by atoms with Crippen LogP contribution < -0.4 is 11.1 Å². The van der Waals surface area contributed by atoms with Gasteiger partial charge in [0.1, 0.15) is 18.2 Å². The molecule has 1 aliphatic heterocycles. The highest BCUT2D eigenvalue weighted by molar-refractivity contribution is 5.82. The number of benzene rings is 1. The maximum Gasteiger partial charge on any atom is 0.242 e. The molecule has 1 fully saturated rings. The average molecular weight is 380 g/mol. The lowest BCUT2D eigenvalue weighted by atomic mass is 10.1. The Labute approximate surface area is 162 Å². The van der Waals surface area contributed by atoms with Crippen LogP contribution in [0.1, 0.15) is 0 Å². The van der Waals surface area contributed by atoms with Crippen molar-refractivity contribution < 1.29 is 9.18 Å². The maximum atomic E-state index is 13.4. The van der Waals surface area contributed by atoms with E-state index in [-0.39, 0.29) is 18.3 Å². The van der Waals surface area contributed by atoms with Crippen molar-refractivity contribution >= 4 is 11.7 Å². The summed E-state index contributed by atoms with van der Waals surface area (Å²) >= 11 is 0. The smallest absolute Gasteiger partial charge is 0.242 e. The van der Waals surface area contributed by atoms with Gasteiger partial charge in [0.2, 0.25) is 5.91 Å². The predicted octanol–water partition coefficient (Wildman–Crippen LogP) is 1.77. The van der Waals surface area contributed by atoms with Gasteiger partial charge in [0, 0.05) is 43.5 Å². The Bertz CT molecular complexity index is 979. The van der Waals surface area contributed by atoms with Crippen molar-refractivity contribution in [3.8, 4) is 22.5 Å². The maximum absolute atomic E-state index is 13.4. The number of nitrogen functional groups attached to an aromatic ring is 1. The Morgan fingerprint density at radius 3 is 2.57 bits per heavy atom. The molecule has 7 nitrogen and oxygen atoms in total. The Morgan fingerprint density at radius 1 is 1.11 bits per heavy atom. The van der Waals surface area contributed by atoms with E-state index in [0.717, 1.165) is 29.9 Å². The first-order chi connectivity index (χ1) is 13.6. The number of nitrogens with two attached hydrogens (primary N) is 1. The number of imidazole rings is 1. The zero-order valence-corrected chi connectivity index (χ0v) is 15.3. The van der Waals surface area contributed by atoms with Crippen molar-refractivity contribution in [3.05, 3.63) is 54.7 Å². The number of halogens is 1. The fourth-order valence-corrected chi connectivity index (χ4v) is 3.38. The molecule has 3 N–H and O–H groups in total. The molecule has 0 aliphatic carbocycles. The van der Waals surface area contributed by atoms with Crippen molar-refractivity contribution in [3.63, 3.8) is 0 Å². The largest absolute Gasteiger partial charge is 0.384 e. The van der Waals surface area contributed by atoms with E-state index in [1.54, 1.807) is 30.7 Å². The molecule has 28 heavy (non-hydrogen) atoms. The van der Waals surface area contributed by atoms with Crippen LogP contribution in [0.2, 0.25) is 0 Å². The molecule has 1 aliphatic rings. The molecule has 0 atom stereocenters. The van der Waals surface area contributed by atoms with E-state index in [9.17, 15) is 9.18 Å². The highest BCUT2D eigenvalue weighted by Gasteiger charge is 2.21. The fraction of sp³-hybridized carbons (Fsp3) is 0.250. The summed E-state index contributed by atoms with van der Waals surface area (Å²) in [6.45, 7) is 3.14. The van der Waals surface area contributed by atoms with Crippen LogP contribution >= 0.6 is 0 Å². The summed E-state index contributed by atoms with van der Waals surface area (Å²) in [7, 11) is 0. The molecule has 4 rings (SSSR count). The number of amides is 1. The van der Waals surface area contributed by atoms with Gasteiger partial charge in [0.05, 0.1) is 17.7 Å². The van der Waals surface area contributed by atoms with Gasteiger partial charge in [-0.15, -0.1) is 0 Å². The van der Waals surface area contributed by atoms with Crippen LogP contribution in [0.5, 0.6) is 0 Å². The summed E-state index contributed by atoms with van der Waals surface area (Å²) in [6.07, 6.45) is 3.26. The molecule has 1 amide bonds. The number of piperazine rings is 1. The van der Waals surface area contributed by atoms with Gasteiger partial charge in [-0.2, -0.15) is 0 Å². The third-order valence-electron chi connectivity index (χ3n) is 4.79. The lowest BCUT2D eigenvalue weighted by molar-refractivity contribution is -0.132. The standard InChI is InChI=1S/C20H21FN6O/c21-16-3-1-14(2-4-16)19-20(15-5-6-24-17(22)11-15)27(13-25-19)12-18(28)26-9-7-23-8-10-26/h1-6,11,13,23H,7-10,12H2,(H2,22,24). The Kier molecular flexibility index (Phi) is 5.03. The minimum Gasteiger partial charge on any atom is -0.384 e. The van der Waals surface area contributed by atoms with E-state index in [4.69, 9.17) is 5.73 Å². The number of pyridine rings is 1. The molecular formula is C20H21FN6O. The number of nitrogens with zero attached hydrogens (tertiary/aromatic N) is 4. The van der Waals surface area contributed by atoms with E-state index in [0.29, 0.717) is 24.6 Å². The van der Waals surface area contributed by atoms with Crippen LogP contribution in [-0.4, -0.2) is 51.5 Å². The number of aromatic nitrogens is 3. The number of carbonyl (C=O) groups is 1. The van der Waals surface area contributed by atoms with Crippen molar-refractivity contribution in [1.29, 1.82) is 0 Å². The van der Waals surface area contributed by atoms with Crippen molar-refractivity contribution in [1.82, 2.24) is 24.8 Å². The number of rotatable bonds is 4. The van der Waals surface area contributed by atoms with Gasteiger partial charge in [-0.1, -0.05) is 0 Å². The minimum atomic E-state index is -0.313. The first kappa shape index (κ1) is 18.1. The Hall–Kier alpha value is -3.26. The van der Waals surface area contributed by atoms with E-state index in [1.807, 2.05) is 15.5 Å². The van der Waals surface area contributed by atoms with Crippen LogP contribution in [-0.2, 0) is 11.3 Å². The molecule has 8 heteroatoms. The molecule has 0 saturated carbocycles. The van der Waals surface area contributed by atoms with Crippen LogP contribution in [0.25, 0.3) is 22.5 Å². The summed E-state index contributed by atoms with van der Waals surface area (Å²) in [5.74, 6) is 0.100.